The number of nitrogens with two attached hydrogens (primary N) is 1. The summed E-state index contributed by atoms with van der Waals surface area (Å²) in [6.45, 7) is 0.0810. The molecule has 1 rings (SSSR count). The number of halogens is 1. The average molecular weight is 212 g/mol. The predicted octanol–water partition coefficient (Wildman–Crippen LogP) is 0.738. The molecular formula is C10H13FN2O2. The number of rotatable bonds is 4. The number of nitrogens with one attached hydrogen (secondary N) is 1. The van der Waals surface area contributed by atoms with Gasteiger partial charge in [-0.05, 0) is 18.2 Å². The number of amides is 1. The Hall–Kier alpha value is -1.46. The molecule has 1 aromatic carbocycles. The van der Waals surface area contributed by atoms with Gasteiger partial charge in [0.25, 0.3) is 5.91 Å². The van der Waals surface area contributed by atoms with Crippen LogP contribution in [0.25, 0.3) is 0 Å². The summed E-state index contributed by atoms with van der Waals surface area (Å²) < 4.78 is 17.6. The van der Waals surface area contributed by atoms with Crippen LogP contribution in [0.5, 0.6) is 0 Å². The minimum Gasteiger partial charge on any atom is -0.370 e. The second kappa shape index (κ2) is 5.43. The summed E-state index contributed by atoms with van der Waals surface area (Å²) in [6.07, 6.45) is -0.715. The standard InChI is InChI=1S/C10H13FN2O2/c1-15-9(6-12)10(14)13-8-4-2-3-7(11)5-8/h2-5,9H,6,12H2,1H3,(H,13,14). The smallest absolute Gasteiger partial charge is 0.254 e. The summed E-state index contributed by atoms with van der Waals surface area (Å²) >= 11 is 0. The summed E-state index contributed by atoms with van der Waals surface area (Å²) in [5.41, 5.74) is 5.69. The molecule has 5 heteroatoms. The first-order chi connectivity index (χ1) is 7.17. The van der Waals surface area contributed by atoms with Gasteiger partial charge >= 0.3 is 0 Å². The lowest BCUT2D eigenvalue weighted by molar-refractivity contribution is -0.125. The average Bonchev–Trinajstić information content (AvgIpc) is 2.19. The van der Waals surface area contributed by atoms with Gasteiger partial charge in [0.1, 0.15) is 11.9 Å². The van der Waals surface area contributed by atoms with E-state index in [1.54, 1.807) is 6.07 Å². The molecule has 0 fully saturated rings. The highest BCUT2D eigenvalue weighted by atomic mass is 19.1. The molecule has 0 aliphatic carbocycles. The van der Waals surface area contributed by atoms with E-state index in [9.17, 15) is 9.18 Å². The van der Waals surface area contributed by atoms with Crippen LogP contribution < -0.4 is 11.1 Å². The number of ether oxygens (including phenoxy) is 1. The molecule has 0 spiro atoms. The third-order valence-electron chi connectivity index (χ3n) is 1.88. The Morgan fingerprint density at radius 2 is 2.40 bits per heavy atom. The molecule has 15 heavy (non-hydrogen) atoms. The molecule has 0 saturated heterocycles. The lowest BCUT2D eigenvalue weighted by Crippen LogP contribution is -2.35. The van der Waals surface area contributed by atoms with Crippen LogP contribution in [0.4, 0.5) is 10.1 Å². The van der Waals surface area contributed by atoms with Crippen molar-refractivity contribution in [2.75, 3.05) is 19.0 Å². The maximum absolute atomic E-state index is 12.8. The van der Waals surface area contributed by atoms with Crippen molar-refractivity contribution in [3.8, 4) is 0 Å². The molecule has 3 N–H and O–H groups in total. The summed E-state index contributed by atoms with van der Waals surface area (Å²) in [7, 11) is 1.39. The SMILES string of the molecule is COC(CN)C(=O)Nc1cccc(F)c1. The van der Waals surface area contributed by atoms with Crippen LogP contribution in [0.15, 0.2) is 24.3 Å². The number of methoxy groups -OCH3 is 1. The molecule has 0 radical (unpaired) electrons. The Kier molecular flexibility index (Phi) is 4.20. The molecule has 0 saturated carbocycles. The van der Waals surface area contributed by atoms with E-state index in [2.05, 4.69) is 5.32 Å². The lowest BCUT2D eigenvalue weighted by atomic mass is 10.2. The van der Waals surface area contributed by atoms with Gasteiger partial charge in [0.2, 0.25) is 0 Å². The third kappa shape index (κ3) is 3.30. The van der Waals surface area contributed by atoms with Crippen LogP contribution >= 0.6 is 0 Å². The Morgan fingerprint density at radius 3 is 2.93 bits per heavy atom. The number of hydrogen-bond donors (Lipinski definition) is 2. The first kappa shape index (κ1) is 11.6. The maximum Gasteiger partial charge on any atom is 0.254 e. The minimum absolute atomic E-state index is 0.0810. The highest BCUT2D eigenvalue weighted by Crippen LogP contribution is 2.09. The van der Waals surface area contributed by atoms with E-state index in [1.165, 1.54) is 25.3 Å². The third-order valence-corrected chi connectivity index (χ3v) is 1.88. The number of carbonyl (C=O) groups excluding carboxylic acids is 1. The molecule has 1 amide bonds. The first-order valence-electron chi connectivity index (χ1n) is 4.46. The molecule has 0 aromatic heterocycles. The monoisotopic (exact) mass is 212 g/mol. The first-order valence-corrected chi connectivity index (χ1v) is 4.46. The Bertz CT molecular complexity index is 340. The van der Waals surface area contributed by atoms with Crippen LogP contribution in [0.1, 0.15) is 0 Å². The topological polar surface area (TPSA) is 64.3 Å². The van der Waals surface area contributed by atoms with E-state index in [0.717, 1.165) is 0 Å². The van der Waals surface area contributed by atoms with Gasteiger partial charge in [-0.1, -0.05) is 6.07 Å². The molecule has 0 aliphatic heterocycles. The zero-order valence-electron chi connectivity index (χ0n) is 8.37. The fourth-order valence-corrected chi connectivity index (χ4v) is 1.10. The van der Waals surface area contributed by atoms with Gasteiger partial charge in [0.05, 0.1) is 0 Å². The van der Waals surface area contributed by atoms with Crippen molar-refractivity contribution in [2.24, 2.45) is 5.73 Å². The second-order valence-electron chi connectivity index (χ2n) is 2.96. The van der Waals surface area contributed by atoms with E-state index < -0.39 is 11.9 Å². The largest absolute Gasteiger partial charge is 0.370 e. The zero-order valence-corrected chi connectivity index (χ0v) is 8.37. The van der Waals surface area contributed by atoms with Crippen molar-refractivity contribution in [3.63, 3.8) is 0 Å². The number of anilines is 1. The van der Waals surface area contributed by atoms with E-state index in [1.807, 2.05) is 0 Å². The highest BCUT2D eigenvalue weighted by Gasteiger charge is 2.15. The maximum atomic E-state index is 12.8. The van der Waals surface area contributed by atoms with Gasteiger partial charge in [-0.2, -0.15) is 0 Å². The van der Waals surface area contributed by atoms with Crippen LogP contribution in [-0.2, 0) is 9.53 Å². The van der Waals surface area contributed by atoms with Gasteiger partial charge in [0.15, 0.2) is 0 Å². The van der Waals surface area contributed by atoms with Crippen molar-refractivity contribution < 1.29 is 13.9 Å². The highest BCUT2D eigenvalue weighted by molar-refractivity contribution is 5.94. The van der Waals surface area contributed by atoms with E-state index in [4.69, 9.17) is 10.5 Å². The van der Waals surface area contributed by atoms with Crippen molar-refractivity contribution in [3.05, 3.63) is 30.1 Å². The number of carbonyl (C=O) groups is 1. The van der Waals surface area contributed by atoms with Crippen LogP contribution in [0, 0.1) is 5.82 Å². The normalized spacial score (nSPS) is 12.2. The molecule has 1 aromatic rings. The van der Waals surface area contributed by atoms with Crippen molar-refractivity contribution >= 4 is 11.6 Å². The summed E-state index contributed by atoms with van der Waals surface area (Å²) in [6, 6.07) is 5.62. The van der Waals surface area contributed by atoms with Gasteiger partial charge < -0.3 is 15.8 Å². The molecular weight excluding hydrogens is 199 g/mol. The van der Waals surface area contributed by atoms with Gasteiger partial charge in [-0.25, -0.2) is 4.39 Å². The molecule has 82 valence electrons. The van der Waals surface area contributed by atoms with Gasteiger partial charge in [0, 0.05) is 19.3 Å². The predicted molar refractivity (Wildman–Crippen MR) is 54.9 cm³/mol. The second-order valence-corrected chi connectivity index (χ2v) is 2.96. The van der Waals surface area contributed by atoms with Crippen molar-refractivity contribution in [1.82, 2.24) is 0 Å². The fourth-order valence-electron chi connectivity index (χ4n) is 1.10. The van der Waals surface area contributed by atoms with E-state index >= 15 is 0 Å². The molecule has 1 unspecified atom stereocenters. The number of hydrogen-bond acceptors (Lipinski definition) is 3. The van der Waals surface area contributed by atoms with Crippen molar-refractivity contribution in [2.45, 2.75) is 6.10 Å². The Morgan fingerprint density at radius 1 is 1.67 bits per heavy atom. The molecule has 0 bridgehead atoms. The van der Waals surface area contributed by atoms with Crippen LogP contribution in [-0.4, -0.2) is 25.7 Å². The molecule has 4 nitrogen and oxygen atoms in total. The Labute approximate surface area is 87.2 Å². The summed E-state index contributed by atoms with van der Waals surface area (Å²) in [5.74, 6) is -0.792. The fraction of sp³-hybridized carbons (Fsp3) is 0.300. The van der Waals surface area contributed by atoms with Gasteiger partial charge in [-0.3, -0.25) is 4.79 Å². The molecule has 0 heterocycles. The van der Waals surface area contributed by atoms with Crippen LogP contribution in [0.2, 0.25) is 0 Å². The molecule has 1 atom stereocenters. The minimum atomic E-state index is -0.715. The lowest BCUT2D eigenvalue weighted by Gasteiger charge is -2.12. The quantitative estimate of drug-likeness (QED) is 0.773. The number of benzene rings is 1. The van der Waals surface area contributed by atoms with Gasteiger partial charge in [-0.15, -0.1) is 0 Å². The zero-order chi connectivity index (χ0) is 11.3. The van der Waals surface area contributed by atoms with E-state index in [-0.39, 0.29) is 12.5 Å². The van der Waals surface area contributed by atoms with Crippen molar-refractivity contribution in [1.29, 1.82) is 0 Å². The Balaban J connectivity index is 2.65. The summed E-state index contributed by atoms with van der Waals surface area (Å²) in [5, 5.41) is 2.50. The van der Waals surface area contributed by atoms with E-state index in [0.29, 0.717) is 5.69 Å². The molecule has 0 aliphatic rings. The summed E-state index contributed by atoms with van der Waals surface area (Å²) in [4.78, 5) is 11.4. The van der Waals surface area contributed by atoms with Crippen LogP contribution in [0.3, 0.4) is 0 Å².